The van der Waals surface area contributed by atoms with Crippen molar-refractivity contribution in [2.45, 2.75) is 131 Å². The standard InChI is InChI=1S/C32H53NO5SSi/c1-21-16-14-12-13-15-17-26(22(2)18-25-20-39-24(4)33-25)37-28(34)19-27(38-40(10,11)31(5,6)7)32(8,9)30(36)23(3)29(21)35/h13,15,18,20-21,23,26-27,29,35H,12,14,16-17,19H2,1-11H3/b15-13-,22-18+/t21-,23-,26+,27-,29-/m0/s1. The molecule has 1 aromatic heterocycles. The van der Waals surface area contributed by atoms with Crippen LogP contribution in [0.25, 0.3) is 6.08 Å². The van der Waals surface area contributed by atoms with E-state index >= 15 is 0 Å². The minimum atomic E-state index is -2.36. The van der Waals surface area contributed by atoms with Crippen molar-refractivity contribution in [1.82, 2.24) is 4.98 Å². The van der Waals surface area contributed by atoms with Crippen molar-refractivity contribution in [3.8, 4) is 0 Å². The number of aliphatic hydroxyl groups is 1. The summed E-state index contributed by atoms with van der Waals surface area (Å²) in [5.41, 5.74) is 0.788. The Morgan fingerprint density at radius 2 is 1.88 bits per heavy atom. The summed E-state index contributed by atoms with van der Waals surface area (Å²) in [6.07, 6.45) is 7.43. The Balaban J connectivity index is 2.49. The van der Waals surface area contributed by atoms with Gasteiger partial charge in [-0.1, -0.05) is 60.6 Å². The number of aliphatic hydroxyl groups excluding tert-OH is 1. The number of nitrogens with zero attached hydrogens (tertiary/aromatic N) is 1. The minimum absolute atomic E-state index is 0.0136. The molecule has 0 saturated heterocycles. The number of aryl methyl sites for hydroxylation is 1. The number of allylic oxidation sites excluding steroid dienone is 1. The van der Waals surface area contributed by atoms with Crippen LogP contribution in [0.1, 0.15) is 98.2 Å². The van der Waals surface area contributed by atoms with Gasteiger partial charge < -0.3 is 14.3 Å². The SMILES string of the molecule is C/C(=C\c1csc(C)n1)[C@H]1C/C=C\CCC[C@H](C)[C@H](O)[C@H](C)C(=O)C(C)(C)[C@@H](O[Si](C)(C)C(C)(C)C)CC(=O)O1. The number of carbonyl (C=O) groups excluding carboxylic acids is 2. The van der Waals surface area contributed by atoms with Gasteiger partial charge in [0.1, 0.15) is 11.9 Å². The zero-order valence-electron chi connectivity index (χ0n) is 26.7. The summed E-state index contributed by atoms with van der Waals surface area (Å²) in [4.78, 5) is 32.1. The fraction of sp³-hybridized carbons (Fsp3) is 0.719. The Bertz CT molecular complexity index is 1070. The van der Waals surface area contributed by atoms with Gasteiger partial charge in [0.05, 0.1) is 29.3 Å². The summed E-state index contributed by atoms with van der Waals surface area (Å²) in [5, 5.41) is 14.0. The first kappa shape index (κ1) is 34.6. The maximum absolute atomic E-state index is 13.9. The lowest BCUT2D eigenvalue weighted by Crippen LogP contribution is -2.52. The van der Waals surface area contributed by atoms with Crippen LogP contribution in [0.2, 0.25) is 18.1 Å². The van der Waals surface area contributed by atoms with E-state index in [4.69, 9.17) is 9.16 Å². The van der Waals surface area contributed by atoms with Crippen LogP contribution in [0.5, 0.6) is 0 Å². The van der Waals surface area contributed by atoms with E-state index in [-0.39, 0.29) is 29.1 Å². The summed E-state index contributed by atoms with van der Waals surface area (Å²) in [6, 6.07) is 0. The molecular formula is C32H53NO5SSi. The number of esters is 1. The van der Waals surface area contributed by atoms with Crippen LogP contribution in [0.3, 0.4) is 0 Å². The summed E-state index contributed by atoms with van der Waals surface area (Å²) in [5.74, 6) is -1.06. The summed E-state index contributed by atoms with van der Waals surface area (Å²) in [6.45, 7) is 22.2. The van der Waals surface area contributed by atoms with Crippen molar-refractivity contribution in [2.75, 3.05) is 0 Å². The van der Waals surface area contributed by atoms with Gasteiger partial charge in [-0.15, -0.1) is 11.3 Å². The smallest absolute Gasteiger partial charge is 0.309 e. The van der Waals surface area contributed by atoms with E-state index in [1.54, 1.807) is 18.3 Å². The molecule has 0 amide bonds. The molecule has 0 aromatic carbocycles. The molecular weight excluding hydrogens is 539 g/mol. The van der Waals surface area contributed by atoms with Crippen molar-refractivity contribution in [3.05, 3.63) is 33.8 Å². The van der Waals surface area contributed by atoms with E-state index in [2.05, 4.69) is 51.0 Å². The van der Waals surface area contributed by atoms with Gasteiger partial charge in [-0.25, -0.2) is 4.98 Å². The van der Waals surface area contributed by atoms with Crippen LogP contribution in [-0.2, 0) is 18.8 Å². The van der Waals surface area contributed by atoms with Gasteiger partial charge >= 0.3 is 5.97 Å². The number of ether oxygens (including phenoxy) is 1. The van der Waals surface area contributed by atoms with E-state index in [0.29, 0.717) is 6.42 Å². The van der Waals surface area contributed by atoms with Crippen molar-refractivity contribution in [1.29, 1.82) is 0 Å². The Morgan fingerprint density at radius 1 is 1.23 bits per heavy atom. The zero-order chi connectivity index (χ0) is 30.5. The molecule has 1 N–H and O–H groups in total. The van der Waals surface area contributed by atoms with E-state index in [1.165, 1.54) is 0 Å². The van der Waals surface area contributed by atoms with Gasteiger partial charge in [-0.05, 0) is 68.8 Å². The summed E-state index contributed by atoms with van der Waals surface area (Å²) >= 11 is 1.59. The average Bonchev–Trinajstić information content (AvgIpc) is 3.25. The van der Waals surface area contributed by atoms with Crippen LogP contribution >= 0.6 is 11.3 Å². The Kier molecular flexibility index (Phi) is 12.1. The highest BCUT2D eigenvalue weighted by atomic mass is 32.1. The minimum Gasteiger partial charge on any atom is -0.457 e. The summed E-state index contributed by atoms with van der Waals surface area (Å²) in [7, 11) is -2.36. The first-order valence-corrected chi connectivity index (χ1v) is 18.5. The number of rotatable bonds is 4. The molecule has 1 aromatic rings. The third-order valence-corrected chi connectivity index (χ3v) is 14.2. The predicted molar refractivity (Wildman–Crippen MR) is 168 cm³/mol. The van der Waals surface area contributed by atoms with Crippen LogP contribution in [-0.4, -0.2) is 48.5 Å². The van der Waals surface area contributed by atoms with Crippen molar-refractivity contribution < 1.29 is 23.9 Å². The molecule has 226 valence electrons. The van der Waals surface area contributed by atoms with E-state index in [1.807, 2.05) is 46.1 Å². The first-order valence-electron chi connectivity index (χ1n) is 14.7. The lowest BCUT2D eigenvalue weighted by Gasteiger charge is -2.44. The third kappa shape index (κ3) is 9.20. The molecule has 2 rings (SSSR count). The molecule has 0 unspecified atom stereocenters. The Hall–Kier alpha value is -1.61. The molecule has 0 fully saturated rings. The molecule has 0 spiro atoms. The van der Waals surface area contributed by atoms with Crippen LogP contribution < -0.4 is 0 Å². The average molecular weight is 592 g/mol. The second-order valence-electron chi connectivity index (χ2n) is 13.7. The lowest BCUT2D eigenvalue weighted by molar-refractivity contribution is -0.153. The van der Waals surface area contributed by atoms with Crippen molar-refractivity contribution >= 4 is 37.5 Å². The molecule has 1 aliphatic rings. The highest BCUT2D eigenvalue weighted by Gasteiger charge is 2.48. The topological polar surface area (TPSA) is 85.7 Å². The fourth-order valence-corrected chi connectivity index (χ4v) is 6.91. The number of aromatic nitrogens is 1. The third-order valence-electron chi connectivity index (χ3n) is 8.88. The predicted octanol–water partition coefficient (Wildman–Crippen LogP) is 7.91. The fourth-order valence-electron chi connectivity index (χ4n) is 4.89. The number of hydrogen-bond acceptors (Lipinski definition) is 7. The number of Topliss-reactive ketones (excluding diaryl/α,β-unsaturated/α-hetero) is 1. The van der Waals surface area contributed by atoms with Crippen molar-refractivity contribution in [2.24, 2.45) is 17.3 Å². The van der Waals surface area contributed by atoms with Crippen LogP contribution in [0.15, 0.2) is 23.1 Å². The maximum Gasteiger partial charge on any atom is 0.309 e. The highest BCUT2D eigenvalue weighted by Crippen LogP contribution is 2.42. The van der Waals surface area contributed by atoms with Crippen molar-refractivity contribution in [3.63, 3.8) is 0 Å². The van der Waals surface area contributed by atoms with Gasteiger partial charge in [0.25, 0.3) is 0 Å². The second kappa shape index (κ2) is 14.0. The van der Waals surface area contributed by atoms with E-state index in [9.17, 15) is 14.7 Å². The number of ketones is 1. The van der Waals surface area contributed by atoms with Gasteiger partial charge in [0.2, 0.25) is 0 Å². The molecule has 1 aliphatic heterocycles. The van der Waals surface area contributed by atoms with Gasteiger partial charge in [-0.2, -0.15) is 0 Å². The van der Waals surface area contributed by atoms with Gasteiger partial charge in [-0.3, -0.25) is 9.59 Å². The molecule has 5 atom stereocenters. The second-order valence-corrected chi connectivity index (χ2v) is 19.5. The monoisotopic (exact) mass is 591 g/mol. The Labute approximate surface area is 247 Å². The van der Waals surface area contributed by atoms with Gasteiger partial charge in [0.15, 0.2) is 8.32 Å². The Morgan fingerprint density at radius 3 is 2.45 bits per heavy atom. The molecule has 0 aliphatic carbocycles. The quantitative estimate of drug-likeness (QED) is 0.218. The first-order chi connectivity index (χ1) is 18.4. The van der Waals surface area contributed by atoms with Crippen LogP contribution in [0, 0.1) is 24.2 Å². The zero-order valence-corrected chi connectivity index (χ0v) is 28.5. The molecule has 2 heterocycles. The number of cyclic esters (lactones) is 1. The lowest BCUT2D eigenvalue weighted by atomic mass is 9.73. The molecule has 0 radical (unpaired) electrons. The number of thiazole rings is 1. The van der Waals surface area contributed by atoms with E-state index in [0.717, 1.165) is 35.5 Å². The summed E-state index contributed by atoms with van der Waals surface area (Å²) < 4.78 is 12.9. The maximum atomic E-state index is 13.9. The molecule has 8 heteroatoms. The molecule has 6 nitrogen and oxygen atoms in total. The largest absolute Gasteiger partial charge is 0.457 e. The molecule has 0 bridgehead atoms. The highest BCUT2D eigenvalue weighted by molar-refractivity contribution is 7.09. The van der Waals surface area contributed by atoms with Crippen LogP contribution in [0.4, 0.5) is 0 Å². The normalized spacial score (nSPS) is 29.2. The number of hydrogen-bond donors (Lipinski definition) is 1. The van der Waals surface area contributed by atoms with E-state index < -0.39 is 38.0 Å². The molecule has 40 heavy (non-hydrogen) atoms. The van der Waals surface area contributed by atoms with Gasteiger partial charge in [0, 0.05) is 23.1 Å². The number of carbonyl (C=O) groups is 2. The molecule has 0 saturated carbocycles.